The van der Waals surface area contributed by atoms with Crippen molar-refractivity contribution >= 4 is 29.5 Å². The van der Waals surface area contributed by atoms with Crippen molar-refractivity contribution in [2.24, 2.45) is 5.10 Å². The summed E-state index contributed by atoms with van der Waals surface area (Å²) in [6.45, 7) is 1.34. The molecular formula is C16H15ClN2O3. The Bertz CT molecular complexity index is 702. The third-order valence-corrected chi connectivity index (χ3v) is 2.91. The van der Waals surface area contributed by atoms with Gasteiger partial charge in [0.05, 0.1) is 19.0 Å². The molecule has 0 aromatic heterocycles. The van der Waals surface area contributed by atoms with E-state index in [9.17, 15) is 4.79 Å². The Balaban J connectivity index is 2.09. The summed E-state index contributed by atoms with van der Waals surface area (Å²) in [7, 11) is 1.51. The highest BCUT2D eigenvalue weighted by Crippen LogP contribution is 2.27. The fourth-order valence-corrected chi connectivity index (χ4v) is 1.93. The lowest BCUT2D eigenvalue weighted by Crippen LogP contribution is -2.03. The van der Waals surface area contributed by atoms with Crippen LogP contribution in [0.2, 0.25) is 5.02 Å². The fourth-order valence-electron chi connectivity index (χ4n) is 1.74. The van der Waals surface area contributed by atoms with Gasteiger partial charge >= 0.3 is 5.97 Å². The van der Waals surface area contributed by atoms with Crippen molar-refractivity contribution in [1.29, 1.82) is 0 Å². The molecular weight excluding hydrogens is 304 g/mol. The van der Waals surface area contributed by atoms with Crippen LogP contribution in [0.15, 0.2) is 47.6 Å². The number of carbonyl (C=O) groups excluding carboxylic acids is 1. The highest BCUT2D eigenvalue weighted by atomic mass is 35.5. The second-order valence-corrected chi connectivity index (χ2v) is 4.82. The van der Waals surface area contributed by atoms with Crippen molar-refractivity contribution in [2.45, 2.75) is 6.92 Å². The first kappa shape index (κ1) is 15.9. The number of esters is 1. The van der Waals surface area contributed by atoms with Gasteiger partial charge in [-0.15, -0.1) is 0 Å². The zero-order valence-corrected chi connectivity index (χ0v) is 12.9. The third-order valence-electron chi connectivity index (χ3n) is 2.67. The number of methoxy groups -OCH3 is 1. The van der Waals surface area contributed by atoms with Gasteiger partial charge in [-0.05, 0) is 42.0 Å². The second-order valence-electron chi connectivity index (χ2n) is 4.38. The van der Waals surface area contributed by atoms with Gasteiger partial charge < -0.3 is 9.47 Å². The van der Waals surface area contributed by atoms with Crippen LogP contribution < -0.4 is 14.9 Å². The molecule has 0 atom stereocenters. The molecule has 0 unspecified atom stereocenters. The van der Waals surface area contributed by atoms with Crippen LogP contribution in [0.25, 0.3) is 0 Å². The highest BCUT2D eigenvalue weighted by Gasteiger charge is 2.07. The van der Waals surface area contributed by atoms with Gasteiger partial charge in [0.1, 0.15) is 0 Å². The van der Waals surface area contributed by atoms with Crippen molar-refractivity contribution in [3.8, 4) is 11.5 Å². The molecule has 0 aliphatic carbocycles. The Labute approximate surface area is 133 Å². The number of halogens is 1. The van der Waals surface area contributed by atoms with Gasteiger partial charge in [-0.25, -0.2) is 0 Å². The Kier molecular flexibility index (Phi) is 5.38. The lowest BCUT2D eigenvalue weighted by atomic mass is 10.2. The van der Waals surface area contributed by atoms with E-state index in [1.54, 1.807) is 36.5 Å². The molecule has 0 saturated heterocycles. The summed E-state index contributed by atoms with van der Waals surface area (Å²) >= 11 is 5.89. The van der Waals surface area contributed by atoms with Crippen LogP contribution >= 0.6 is 11.6 Å². The molecule has 2 aromatic rings. The minimum atomic E-state index is -0.401. The minimum Gasteiger partial charge on any atom is -0.493 e. The van der Waals surface area contributed by atoms with E-state index in [4.69, 9.17) is 21.1 Å². The van der Waals surface area contributed by atoms with E-state index < -0.39 is 5.97 Å². The molecule has 0 aliphatic heterocycles. The van der Waals surface area contributed by atoms with Gasteiger partial charge in [-0.1, -0.05) is 17.7 Å². The molecule has 0 amide bonds. The number of hydrazone groups is 1. The van der Waals surface area contributed by atoms with Crippen LogP contribution in [0.3, 0.4) is 0 Å². The van der Waals surface area contributed by atoms with Crippen LogP contribution in [0.4, 0.5) is 5.69 Å². The molecule has 114 valence electrons. The average Bonchev–Trinajstić information content (AvgIpc) is 2.48. The predicted molar refractivity (Wildman–Crippen MR) is 87.0 cm³/mol. The van der Waals surface area contributed by atoms with E-state index in [-0.39, 0.29) is 0 Å². The monoisotopic (exact) mass is 318 g/mol. The highest BCUT2D eigenvalue weighted by molar-refractivity contribution is 6.30. The van der Waals surface area contributed by atoms with Gasteiger partial charge in [0.2, 0.25) is 0 Å². The maximum Gasteiger partial charge on any atom is 0.308 e. The molecule has 0 bridgehead atoms. The SMILES string of the molecule is COc1cc(/C=N\Nc2cccc(Cl)c2)ccc1OC(C)=O. The van der Waals surface area contributed by atoms with Crippen molar-refractivity contribution < 1.29 is 14.3 Å². The topological polar surface area (TPSA) is 59.9 Å². The minimum absolute atomic E-state index is 0.370. The number of nitrogens with zero attached hydrogens (tertiary/aromatic N) is 1. The molecule has 0 heterocycles. The van der Waals surface area contributed by atoms with Crippen LogP contribution in [0.1, 0.15) is 12.5 Å². The van der Waals surface area contributed by atoms with Crippen LogP contribution in [0, 0.1) is 0 Å². The number of hydrogen-bond donors (Lipinski definition) is 1. The third kappa shape index (κ3) is 4.49. The van der Waals surface area contributed by atoms with E-state index in [1.165, 1.54) is 14.0 Å². The number of ether oxygens (including phenoxy) is 2. The Morgan fingerprint density at radius 3 is 2.73 bits per heavy atom. The van der Waals surface area contributed by atoms with Gasteiger partial charge in [0, 0.05) is 11.9 Å². The summed E-state index contributed by atoms with van der Waals surface area (Å²) in [5, 5.41) is 4.75. The zero-order valence-electron chi connectivity index (χ0n) is 12.2. The van der Waals surface area contributed by atoms with E-state index in [0.29, 0.717) is 16.5 Å². The molecule has 6 heteroatoms. The summed E-state index contributed by atoms with van der Waals surface area (Å²) in [6, 6.07) is 12.4. The first-order valence-corrected chi connectivity index (χ1v) is 6.87. The first-order valence-electron chi connectivity index (χ1n) is 6.49. The van der Waals surface area contributed by atoms with E-state index in [0.717, 1.165) is 11.3 Å². The number of rotatable bonds is 5. The molecule has 0 saturated carbocycles. The number of carbonyl (C=O) groups is 1. The number of hydrogen-bond acceptors (Lipinski definition) is 5. The first-order chi connectivity index (χ1) is 10.6. The van der Waals surface area contributed by atoms with Crippen LogP contribution in [0.5, 0.6) is 11.5 Å². The van der Waals surface area contributed by atoms with Gasteiger partial charge in [-0.2, -0.15) is 5.10 Å². The quantitative estimate of drug-likeness (QED) is 0.395. The maximum absolute atomic E-state index is 11.0. The van der Waals surface area contributed by atoms with Crippen molar-refractivity contribution in [2.75, 3.05) is 12.5 Å². The van der Waals surface area contributed by atoms with Crippen molar-refractivity contribution in [3.63, 3.8) is 0 Å². The Hall–Kier alpha value is -2.53. The summed E-state index contributed by atoms with van der Waals surface area (Å²) in [4.78, 5) is 11.0. The average molecular weight is 319 g/mol. The van der Waals surface area contributed by atoms with Gasteiger partial charge in [-0.3, -0.25) is 10.2 Å². The smallest absolute Gasteiger partial charge is 0.308 e. The molecule has 0 fully saturated rings. The van der Waals surface area contributed by atoms with Gasteiger partial charge in [0.25, 0.3) is 0 Å². The van der Waals surface area contributed by atoms with E-state index >= 15 is 0 Å². The van der Waals surface area contributed by atoms with Crippen molar-refractivity contribution in [1.82, 2.24) is 0 Å². The zero-order chi connectivity index (χ0) is 15.9. The molecule has 0 radical (unpaired) electrons. The van der Waals surface area contributed by atoms with Crippen molar-refractivity contribution in [3.05, 3.63) is 53.1 Å². The largest absolute Gasteiger partial charge is 0.493 e. The summed E-state index contributed by atoms with van der Waals surface area (Å²) in [5.74, 6) is 0.430. The molecule has 2 rings (SSSR count). The molecule has 0 aliphatic rings. The standard InChI is InChI=1S/C16H15ClN2O3/c1-11(20)22-15-7-6-12(8-16(15)21-2)10-18-19-14-5-3-4-13(17)9-14/h3-10,19H,1-2H3/b18-10-. The maximum atomic E-state index is 11.0. The molecule has 0 spiro atoms. The Morgan fingerprint density at radius 1 is 1.23 bits per heavy atom. The van der Waals surface area contributed by atoms with Gasteiger partial charge in [0.15, 0.2) is 11.5 Å². The molecule has 22 heavy (non-hydrogen) atoms. The number of benzene rings is 2. The summed E-state index contributed by atoms with van der Waals surface area (Å²) in [6.07, 6.45) is 1.63. The summed E-state index contributed by atoms with van der Waals surface area (Å²) in [5.41, 5.74) is 4.46. The van der Waals surface area contributed by atoms with E-state index in [2.05, 4.69) is 10.5 Å². The van der Waals surface area contributed by atoms with Crippen LogP contribution in [-0.4, -0.2) is 19.3 Å². The lowest BCUT2D eigenvalue weighted by Gasteiger charge is -2.08. The number of anilines is 1. The summed E-state index contributed by atoms with van der Waals surface area (Å²) < 4.78 is 10.2. The predicted octanol–water partition coefficient (Wildman–Crippen LogP) is 3.72. The molecule has 1 N–H and O–H groups in total. The van der Waals surface area contributed by atoms with Crippen LogP contribution in [-0.2, 0) is 4.79 Å². The number of nitrogens with one attached hydrogen (secondary N) is 1. The second kappa shape index (κ2) is 7.47. The fraction of sp³-hybridized carbons (Fsp3) is 0.125. The molecule has 2 aromatic carbocycles. The Morgan fingerprint density at radius 2 is 2.05 bits per heavy atom. The lowest BCUT2D eigenvalue weighted by molar-refractivity contribution is -0.132. The molecule has 5 nitrogen and oxygen atoms in total. The van der Waals surface area contributed by atoms with E-state index in [1.807, 2.05) is 12.1 Å². The normalized spacial score (nSPS) is 10.5.